The van der Waals surface area contributed by atoms with E-state index in [1.165, 1.54) is 4.80 Å². The lowest BCUT2D eigenvalue weighted by Crippen LogP contribution is -2.21. The molecule has 0 unspecified atom stereocenters. The first-order valence-corrected chi connectivity index (χ1v) is 12.8. The van der Waals surface area contributed by atoms with E-state index >= 15 is 0 Å². The number of aryl methyl sites for hydroxylation is 2. The van der Waals surface area contributed by atoms with Crippen LogP contribution in [0.2, 0.25) is 0 Å². The second-order valence-electron chi connectivity index (χ2n) is 9.37. The van der Waals surface area contributed by atoms with Crippen molar-refractivity contribution >= 4 is 29.2 Å². The van der Waals surface area contributed by atoms with Gasteiger partial charge in [0.2, 0.25) is 11.7 Å². The summed E-state index contributed by atoms with van der Waals surface area (Å²) in [4.78, 5) is 35.6. The van der Waals surface area contributed by atoms with E-state index in [1.54, 1.807) is 54.5 Å². The second-order valence-corrected chi connectivity index (χ2v) is 9.37. The zero-order valence-corrected chi connectivity index (χ0v) is 23.3. The Morgan fingerprint density at radius 3 is 2.27 bits per heavy atom. The van der Waals surface area contributed by atoms with Crippen LogP contribution in [0.25, 0.3) is 17.1 Å². The van der Waals surface area contributed by atoms with E-state index in [0.29, 0.717) is 28.5 Å². The van der Waals surface area contributed by atoms with Crippen LogP contribution in [0.15, 0.2) is 85.2 Å². The Balaban J connectivity index is 0.000000566. The van der Waals surface area contributed by atoms with E-state index in [4.69, 9.17) is 9.90 Å². The summed E-state index contributed by atoms with van der Waals surface area (Å²) in [7, 11) is 1.70. The van der Waals surface area contributed by atoms with Crippen molar-refractivity contribution in [2.75, 3.05) is 10.6 Å². The highest BCUT2D eigenvalue weighted by molar-refractivity contribution is 6.04. The van der Waals surface area contributed by atoms with Gasteiger partial charge in [0.1, 0.15) is 0 Å². The Hall–Kier alpha value is -5.86. The molecule has 5 aromatic rings. The lowest BCUT2D eigenvalue weighted by Gasteiger charge is -2.08. The Bertz CT molecular complexity index is 1780. The molecule has 0 atom stereocenters. The molecule has 3 aromatic carbocycles. The first kappa shape index (κ1) is 31.1. The molecule has 2 aromatic heterocycles. The smallest absolute Gasteiger partial charge is 0.475 e. The van der Waals surface area contributed by atoms with Crippen LogP contribution in [-0.4, -0.2) is 59.1 Å². The number of anilines is 2. The highest BCUT2D eigenvalue weighted by atomic mass is 19.4. The molecule has 2 heterocycles. The van der Waals surface area contributed by atoms with E-state index in [1.807, 2.05) is 49.4 Å². The van der Waals surface area contributed by atoms with Crippen molar-refractivity contribution in [1.29, 1.82) is 0 Å². The lowest BCUT2D eigenvalue weighted by atomic mass is 10.1. The quantitative estimate of drug-likeness (QED) is 0.246. The number of rotatable bonds is 7. The summed E-state index contributed by atoms with van der Waals surface area (Å²) in [6.45, 7) is 1.99. The number of carbonyl (C=O) groups is 3. The van der Waals surface area contributed by atoms with Crippen LogP contribution in [-0.2, 0) is 23.1 Å². The summed E-state index contributed by atoms with van der Waals surface area (Å²) in [6.07, 6.45) is -1.52. The minimum Gasteiger partial charge on any atom is -0.475 e. The Kier molecular flexibility index (Phi) is 9.47. The van der Waals surface area contributed by atoms with Crippen LogP contribution in [0, 0.1) is 6.92 Å². The highest BCUT2D eigenvalue weighted by Crippen LogP contribution is 2.19. The summed E-state index contributed by atoms with van der Waals surface area (Å²) in [6, 6.07) is 22.1. The molecule has 0 spiro atoms. The van der Waals surface area contributed by atoms with Crippen molar-refractivity contribution in [2.24, 2.45) is 7.05 Å². The average molecular weight is 607 g/mol. The number of nitrogens with zero attached hydrogens (tertiary/aromatic N) is 6. The number of amides is 2. The monoisotopic (exact) mass is 606 g/mol. The molecule has 0 aliphatic carbocycles. The molecular weight excluding hydrogens is 581 g/mol. The number of nitrogens with one attached hydrogen (secondary N) is 2. The topological polar surface area (TPSA) is 157 Å². The van der Waals surface area contributed by atoms with Gasteiger partial charge in [0.25, 0.3) is 5.91 Å². The molecule has 0 bridgehead atoms. The normalized spacial score (nSPS) is 10.8. The maximum Gasteiger partial charge on any atom is 0.490 e. The van der Waals surface area contributed by atoms with Crippen LogP contribution in [0.4, 0.5) is 24.5 Å². The number of hydrogen-bond acceptors (Lipinski definition) is 7. The van der Waals surface area contributed by atoms with Gasteiger partial charge in [-0.2, -0.15) is 23.1 Å². The minimum absolute atomic E-state index is 0.126. The van der Waals surface area contributed by atoms with E-state index in [0.717, 1.165) is 16.7 Å². The van der Waals surface area contributed by atoms with E-state index < -0.39 is 12.1 Å². The predicted octanol–water partition coefficient (Wildman–Crippen LogP) is 4.44. The Morgan fingerprint density at radius 2 is 1.64 bits per heavy atom. The van der Waals surface area contributed by atoms with Gasteiger partial charge in [-0.25, -0.2) is 9.48 Å². The van der Waals surface area contributed by atoms with Gasteiger partial charge in [0.05, 0.1) is 37.2 Å². The van der Waals surface area contributed by atoms with Gasteiger partial charge in [-0.05, 0) is 60.2 Å². The fraction of sp³-hybridized carbons (Fsp3) is 0.138. The third-order valence-corrected chi connectivity index (χ3v) is 5.84. The van der Waals surface area contributed by atoms with Crippen LogP contribution in [0.3, 0.4) is 0 Å². The molecule has 0 aliphatic heterocycles. The molecule has 44 heavy (non-hydrogen) atoms. The van der Waals surface area contributed by atoms with Gasteiger partial charge in [0, 0.05) is 16.8 Å². The maximum absolute atomic E-state index is 12.9. The molecule has 3 N–H and O–H groups in total. The maximum atomic E-state index is 12.9. The predicted molar refractivity (Wildman–Crippen MR) is 153 cm³/mol. The highest BCUT2D eigenvalue weighted by Gasteiger charge is 2.38. The zero-order valence-electron chi connectivity index (χ0n) is 23.3. The van der Waals surface area contributed by atoms with Crippen LogP contribution in [0.5, 0.6) is 0 Å². The van der Waals surface area contributed by atoms with Gasteiger partial charge in [-0.15, -0.1) is 10.2 Å². The third-order valence-electron chi connectivity index (χ3n) is 5.84. The Morgan fingerprint density at radius 1 is 0.932 bits per heavy atom. The third kappa shape index (κ3) is 8.58. The number of aromatic nitrogens is 6. The fourth-order valence-electron chi connectivity index (χ4n) is 3.84. The standard InChI is InChI=1S/C27H24N8O2.C2HF3O2/c1-18-5-3-6-19(13-18)14-25(36)29-23-16-28-35(17-23)24-8-4-7-21(15-24)27(37)30-22-11-9-20(10-12-22)26-31-33-34(2)32-26;3-2(4,5)1(6)7/h3-13,15-17H,14H2,1-2H3,(H,29,36)(H,30,37);(H,6,7). The molecule has 5 rings (SSSR count). The molecule has 0 aliphatic rings. The first-order chi connectivity index (χ1) is 20.9. The zero-order chi connectivity index (χ0) is 31.9. The lowest BCUT2D eigenvalue weighted by molar-refractivity contribution is -0.192. The van der Waals surface area contributed by atoms with Crippen molar-refractivity contribution in [3.8, 4) is 17.1 Å². The molecular formula is C29H25F3N8O4. The second kappa shape index (κ2) is 13.4. The van der Waals surface area contributed by atoms with Gasteiger partial charge in [-0.3, -0.25) is 9.59 Å². The summed E-state index contributed by atoms with van der Waals surface area (Å²) in [5, 5.41) is 29.2. The summed E-state index contributed by atoms with van der Waals surface area (Å²) in [5.74, 6) is -2.63. The van der Waals surface area contributed by atoms with Crippen molar-refractivity contribution in [2.45, 2.75) is 19.5 Å². The minimum atomic E-state index is -5.08. The Labute approximate surface area is 248 Å². The van der Waals surface area contributed by atoms with Gasteiger partial charge in [0.15, 0.2) is 0 Å². The number of carboxylic acid groups (broad SMARTS) is 1. The van der Waals surface area contributed by atoms with Gasteiger partial charge >= 0.3 is 12.1 Å². The van der Waals surface area contributed by atoms with Crippen molar-refractivity contribution in [1.82, 2.24) is 30.0 Å². The largest absolute Gasteiger partial charge is 0.490 e. The molecule has 12 nitrogen and oxygen atoms in total. The van der Waals surface area contributed by atoms with Gasteiger partial charge in [-0.1, -0.05) is 35.9 Å². The van der Waals surface area contributed by atoms with Crippen molar-refractivity contribution in [3.63, 3.8) is 0 Å². The van der Waals surface area contributed by atoms with Crippen molar-refractivity contribution in [3.05, 3.63) is 102 Å². The number of alkyl halides is 3. The number of tetrazole rings is 1. The van der Waals surface area contributed by atoms with Crippen LogP contribution in [0.1, 0.15) is 21.5 Å². The number of benzene rings is 3. The summed E-state index contributed by atoms with van der Waals surface area (Å²) in [5.41, 5.74) is 5.23. The molecule has 0 saturated carbocycles. The fourth-order valence-corrected chi connectivity index (χ4v) is 3.84. The first-order valence-electron chi connectivity index (χ1n) is 12.8. The van der Waals surface area contributed by atoms with E-state index in [9.17, 15) is 22.8 Å². The summed E-state index contributed by atoms with van der Waals surface area (Å²) < 4.78 is 33.3. The molecule has 0 fully saturated rings. The van der Waals surface area contributed by atoms with Crippen LogP contribution < -0.4 is 10.6 Å². The molecule has 0 radical (unpaired) electrons. The molecule has 2 amide bonds. The number of carbonyl (C=O) groups excluding carboxylic acids is 2. The number of aliphatic carboxylic acids is 1. The molecule has 0 saturated heterocycles. The van der Waals surface area contributed by atoms with Crippen molar-refractivity contribution < 1.29 is 32.7 Å². The summed E-state index contributed by atoms with van der Waals surface area (Å²) >= 11 is 0. The van der Waals surface area contributed by atoms with E-state index in [-0.39, 0.29) is 18.2 Å². The number of carboxylic acids is 1. The average Bonchev–Trinajstić information content (AvgIpc) is 3.62. The number of hydrogen-bond donors (Lipinski definition) is 3. The van der Waals surface area contributed by atoms with Gasteiger partial charge < -0.3 is 15.7 Å². The SMILES string of the molecule is Cc1cccc(CC(=O)Nc2cnn(-c3cccc(C(=O)Nc4ccc(-c5nnn(C)n5)cc4)c3)c2)c1.O=C(O)C(F)(F)F. The molecule has 226 valence electrons. The number of halogens is 3. The van der Waals surface area contributed by atoms with E-state index in [2.05, 4.69) is 31.1 Å². The molecule has 15 heteroatoms. The van der Waals surface area contributed by atoms with Crippen LogP contribution >= 0.6 is 0 Å².